The molecule has 2 aromatic carbocycles. The van der Waals surface area contributed by atoms with Crippen molar-refractivity contribution in [3.63, 3.8) is 0 Å². The summed E-state index contributed by atoms with van der Waals surface area (Å²) in [6.07, 6.45) is 0. The van der Waals surface area contributed by atoms with Gasteiger partial charge in [-0.1, -0.05) is 31.4 Å². The van der Waals surface area contributed by atoms with Crippen LogP contribution < -0.4 is 9.47 Å². The second-order valence-electron chi connectivity index (χ2n) is 5.55. The first-order valence-corrected chi connectivity index (χ1v) is 7.48. The molecule has 0 spiro atoms. The Hall–Kier alpha value is -3.21. The molecular weight excluding hydrogens is 321 g/mol. The van der Waals surface area contributed by atoms with Crippen molar-refractivity contribution in [3.05, 3.63) is 72.6 Å². The Bertz CT molecular complexity index is 854. The fraction of sp³-hybridized carbons (Fsp3) is 0.100. The van der Waals surface area contributed by atoms with E-state index in [1.165, 1.54) is 12.1 Å². The van der Waals surface area contributed by atoms with E-state index in [9.17, 15) is 9.18 Å². The number of carbonyl (C=O) groups excluding carboxylic acids is 1. The lowest BCUT2D eigenvalue weighted by Crippen LogP contribution is -2.08. The van der Waals surface area contributed by atoms with E-state index >= 15 is 0 Å². The van der Waals surface area contributed by atoms with Crippen LogP contribution in [0.5, 0.6) is 11.5 Å². The maximum absolute atomic E-state index is 14.2. The van der Waals surface area contributed by atoms with Crippen LogP contribution in [0.25, 0.3) is 11.1 Å². The molecule has 0 saturated carbocycles. The summed E-state index contributed by atoms with van der Waals surface area (Å²) in [5.74, 6) is -0.923. The number of hydrogen-bond acceptors (Lipinski definition) is 4. The van der Waals surface area contributed by atoms with E-state index in [0.717, 1.165) is 5.56 Å². The first kappa shape index (κ1) is 18.1. The minimum atomic E-state index is -0.582. The number of halogens is 1. The predicted molar refractivity (Wildman–Crippen MR) is 95.5 cm³/mol. The monoisotopic (exact) mass is 339 g/mol. The second kappa shape index (κ2) is 7.57. The summed E-state index contributed by atoms with van der Waals surface area (Å²) in [6, 6.07) is 11.1. The van der Waals surface area contributed by atoms with E-state index < -0.39 is 11.8 Å². The summed E-state index contributed by atoms with van der Waals surface area (Å²) < 4.78 is 24.4. The van der Waals surface area contributed by atoms with E-state index in [2.05, 4.69) is 13.2 Å². The molecule has 4 nitrogen and oxygen atoms in total. The first-order valence-electron chi connectivity index (χ1n) is 7.48. The van der Waals surface area contributed by atoms with Crippen molar-refractivity contribution >= 4 is 11.9 Å². The fourth-order valence-electron chi connectivity index (χ4n) is 1.87. The quantitative estimate of drug-likeness (QED) is 0.277. The lowest BCUT2D eigenvalue weighted by atomic mass is 10.1. The summed E-state index contributed by atoms with van der Waals surface area (Å²) in [6.45, 7) is 10.3. The largest absolute Gasteiger partial charge is 0.436 e. The van der Waals surface area contributed by atoms with Gasteiger partial charge in [-0.05, 0) is 49.2 Å². The molecular formula is C20H18FNO3. The van der Waals surface area contributed by atoms with Crippen molar-refractivity contribution in [2.45, 2.75) is 13.8 Å². The maximum Gasteiger partial charge on any atom is 0.338 e. The van der Waals surface area contributed by atoms with Gasteiger partial charge in [-0.2, -0.15) is 0 Å². The Balaban J connectivity index is 2.18. The molecule has 0 heterocycles. The van der Waals surface area contributed by atoms with Gasteiger partial charge in [0.15, 0.2) is 11.6 Å². The van der Waals surface area contributed by atoms with Gasteiger partial charge in [0.2, 0.25) is 5.90 Å². The van der Waals surface area contributed by atoms with Gasteiger partial charge in [0.1, 0.15) is 5.75 Å². The van der Waals surface area contributed by atoms with E-state index in [4.69, 9.17) is 14.9 Å². The Kier molecular flexibility index (Phi) is 5.49. The van der Waals surface area contributed by atoms with E-state index in [0.29, 0.717) is 22.5 Å². The number of benzene rings is 2. The van der Waals surface area contributed by atoms with Gasteiger partial charge in [-0.3, -0.25) is 5.41 Å². The van der Waals surface area contributed by atoms with E-state index in [1.807, 2.05) is 0 Å². The summed E-state index contributed by atoms with van der Waals surface area (Å²) in [5, 5.41) is 7.57. The minimum Gasteiger partial charge on any atom is -0.436 e. The molecule has 0 aromatic heterocycles. The molecule has 1 N–H and O–H groups in total. The average Bonchev–Trinajstić information content (AvgIpc) is 2.57. The summed E-state index contributed by atoms with van der Waals surface area (Å²) in [4.78, 5) is 11.5. The smallest absolute Gasteiger partial charge is 0.338 e. The summed E-state index contributed by atoms with van der Waals surface area (Å²) >= 11 is 0. The van der Waals surface area contributed by atoms with Crippen LogP contribution in [0.2, 0.25) is 0 Å². The van der Waals surface area contributed by atoms with Crippen molar-refractivity contribution in [1.82, 2.24) is 0 Å². The second-order valence-corrected chi connectivity index (χ2v) is 5.55. The third kappa shape index (κ3) is 4.64. The highest BCUT2D eigenvalue weighted by Gasteiger charge is 2.10. The van der Waals surface area contributed by atoms with Crippen molar-refractivity contribution in [2.75, 3.05) is 0 Å². The minimum absolute atomic E-state index is 0.0382. The van der Waals surface area contributed by atoms with Crippen molar-refractivity contribution < 1.29 is 18.7 Å². The van der Waals surface area contributed by atoms with Crippen LogP contribution in [0.1, 0.15) is 13.8 Å². The predicted octanol–water partition coefficient (Wildman–Crippen LogP) is 4.91. The summed E-state index contributed by atoms with van der Waals surface area (Å²) in [5.41, 5.74) is 2.09. The van der Waals surface area contributed by atoms with Gasteiger partial charge in [-0.15, -0.1) is 0 Å². The zero-order valence-electron chi connectivity index (χ0n) is 14.1. The molecule has 0 aliphatic carbocycles. The molecule has 128 valence electrons. The molecule has 2 rings (SSSR count). The highest BCUT2D eigenvalue weighted by molar-refractivity contribution is 5.91. The Morgan fingerprint density at radius 1 is 0.960 bits per heavy atom. The van der Waals surface area contributed by atoms with Crippen molar-refractivity contribution in [1.29, 1.82) is 5.41 Å². The number of rotatable bonds is 5. The van der Waals surface area contributed by atoms with Crippen molar-refractivity contribution in [2.24, 2.45) is 0 Å². The lowest BCUT2D eigenvalue weighted by molar-refractivity contribution is -0.130. The Labute approximate surface area is 145 Å². The molecule has 25 heavy (non-hydrogen) atoms. The number of hydrogen-bond donors (Lipinski definition) is 1. The molecule has 5 heteroatoms. The third-order valence-electron chi connectivity index (χ3n) is 3.28. The maximum atomic E-state index is 14.2. The van der Waals surface area contributed by atoms with Crippen LogP contribution in [-0.2, 0) is 4.79 Å². The molecule has 0 amide bonds. The number of esters is 1. The van der Waals surface area contributed by atoms with E-state index in [-0.39, 0.29) is 11.6 Å². The average molecular weight is 339 g/mol. The zero-order chi connectivity index (χ0) is 18.6. The third-order valence-corrected chi connectivity index (χ3v) is 3.28. The highest BCUT2D eigenvalue weighted by atomic mass is 19.1. The normalized spacial score (nSPS) is 10.0. The fourth-order valence-corrected chi connectivity index (χ4v) is 1.87. The van der Waals surface area contributed by atoms with Crippen LogP contribution in [-0.4, -0.2) is 11.9 Å². The van der Waals surface area contributed by atoms with Gasteiger partial charge < -0.3 is 9.47 Å². The van der Waals surface area contributed by atoms with Gasteiger partial charge in [0.05, 0.1) is 0 Å². The Morgan fingerprint density at radius 2 is 1.56 bits per heavy atom. The van der Waals surface area contributed by atoms with Crippen LogP contribution >= 0.6 is 0 Å². The molecule has 0 unspecified atom stereocenters. The zero-order valence-corrected chi connectivity index (χ0v) is 14.1. The number of nitrogens with one attached hydrogen (secondary N) is 1. The summed E-state index contributed by atoms with van der Waals surface area (Å²) in [7, 11) is 0. The van der Waals surface area contributed by atoms with Gasteiger partial charge in [0, 0.05) is 11.1 Å². The van der Waals surface area contributed by atoms with Gasteiger partial charge in [-0.25, -0.2) is 9.18 Å². The standard InChI is InChI=1S/C20H18FNO3/c1-12(2)19(22)25-18-10-7-15(11-17(18)21)14-5-8-16(9-6-14)24-20(23)13(3)4/h5-11,22H,1,3H2,2,4H3. The molecule has 0 fully saturated rings. The SMILES string of the molecule is C=C(C)C(=N)Oc1ccc(-c2ccc(OC(=O)C(=C)C)cc2)cc1F. The molecule has 0 atom stereocenters. The molecule has 0 bridgehead atoms. The van der Waals surface area contributed by atoms with Gasteiger partial charge >= 0.3 is 5.97 Å². The first-order chi connectivity index (χ1) is 11.8. The number of carbonyl (C=O) groups is 1. The molecule has 2 aromatic rings. The lowest BCUT2D eigenvalue weighted by Gasteiger charge is -2.09. The van der Waals surface area contributed by atoms with Crippen LogP contribution in [0, 0.1) is 11.2 Å². The molecule has 0 aliphatic heterocycles. The van der Waals surface area contributed by atoms with Crippen LogP contribution in [0.3, 0.4) is 0 Å². The topological polar surface area (TPSA) is 59.4 Å². The molecule has 0 aliphatic rings. The number of ether oxygens (including phenoxy) is 2. The van der Waals surface area contributed by atoms with E-state index in [1.54, 1.807) is 44.2 Å². The van der Waals surface area contributed by atoms with Crippen LogP contribution in [0.15, 0.2) is 66.8 Å². The Morgan fingerprint density at radius 3 is 2.08 bits per heavy atom. The van der Waals surface area contributed by atoms with Crippen molar-refractivity contribution in [3.8, 4) is 22.6 Å². The van der Waals surface area contributed by atoms with Crippen LogP contribution in [0.4, 0.5) is 4.39 Å². The highest BCUT2D eigenvalue weighted by Crippen LogP contribution is 2.27. The van der Waals surface area contributed by atoms with Gasteiger partial charge in [0.25, 0.3) is 0 Å². The molecule has 0 radical (unpaired) electrons. The molecule has 0 saturated heterocycles.